The standard InChI is InChI=1S/C21H29N3O3/c1-3-10-23-12-8-16(9-13-23)22-19(25)5-4-11-24-20(26)17-7-6-15(2)14-18(17)21(24)27/h6-7,14,16H,3-5,8-13H2,1-2H3,(H,22,25). The van der Waals surface area contributed by atoms with Crippen LogP contribution in [0.5, 0.6) is 0 Å². The summed E-state index contributed by atoms with van der Waals surface area (Å²) in [5, 5.41) is 3.10. The van der Waals surface area contributed by atoms with E-state index < -0.39 is 0 Å². The predicted molar refractivity (Wildman–Crippen MR) is 104 cm³/mol. The van der Waals surface area contributed by atoms with Crippen LogP contribution in [0.2, 0.25) is 0 Å². The molecule has 6 heteroatoms. The summed E-state index contributed by atoms with van der Waals surface area (Å²) >= 11 is 0. The van der Waals surface area contributed by atoms with Crippen molar-refractivity contribution in [1.29, 1.82) is 0 Å². The van der Waals surface area contributed by atoms with Gasteiger partial charge in [0.2, 0.25) is 5.91 Å². The lowest BCUT2D eigenvalue weighted by atomic mass is 10.0. The normalized spacial score (nSPS) is 18.1. The Balaban J connectivity index is 1.42. The fourth-order valence-corrected chi connectivity index (χ4v) is 3.92. The lowest BCUT2D eigenvalue weighted by Crippen LogP contribution is -2.44. The van der Waals surface area contributed by atoms with Gasteiger partial charge < -0.3 is 10.2 Å². The quantitative estimate of drug-likeness (QED) is 0.747. The summed E-state index contributed by atoms with van der Waals surface area (Å²) in [6, 6.07) is 5.55. The number of aryl methyl sites for hydroxylation is 1. The highest BCUT2D eigenvalue weighted by Gasteiger charge is 2.35. The van der Waals surface area contributed by atoms with Crippen molar-refractivity contribution in [1.82, 2.24) is 15.1 Å². The van der Waals surface area contributed by atoms with Gasteiger partial charge in [0.15, 0.2) is 0 Å². The molecule has 27 heavy (non-hydrogen) atoms. The highest BCUT2D eigenvalue weighted by atomic mass is 16.2. The second-order valence-electron chi connectivity index (χ2n) is 7.60. The highest BCUT2D eigenvalue weighted by Crippen LogP contribution is 2.24. The Hall–Kier alpha value is -2.21. The number of carbonyl (C=O) groups is 3. The van der Waals surface area contributed by atoms with Crippen LogP contribution < -0.4 is 5.32 Å². The number of hydrogen-bond donors (Lipinski definition) is 1. The summed E-state index contributed by atoms with van der Waals surface area (Å²) in [6.45, 7) is 7.57. The fraction of sp³-hybridized carbons (Fsp3) is 0.571. The molecule has 1 aromatic rings. The minimum Gasteiger partial charge on any atom is -0.353 e. The van der Waals surface area contributed by atoms with Gasteiger partial charge in [-0.05, 0) is 51.3 Å². The molecule has 2 aliphatic rings. The average Bonchev–Trinajstić information content (AvgIpc) is 2.88. The van der Waals surface area contributed by atoms with Gasteiger partial charge in [0.25, 0.3) is 11.8 Å². The number of piperidine rings is 1. The van der Waals surface area contributed by atoms with Crippen molar-refractivity contribution in [2.45, 2.75) is 52.0 Å². The molecule has 0 atom stereocenters. The molecule has 1 fully saturated rings. The molecule has 0 aliphatic carbocycles. The van der Waals surface area contributed by atoms with Crippen LogP contribution in [-0.4, -0.2) is 59.7 Å². The van der Waals surface area contributed by atoms with Gasteiger partial charge in [-0.1, -0.05) is 18.6 Å². The average molecular weight is 371 g/mol. The van der Waals surface area contributed by atoms with E-state index in [-0.39, 0.29) is 30.3 Å². The van der Waals surface area contributed by atoms with Crippen LogP contribution in [0.4, 0.5) is 0 Å². The van der Waals surface area contributed by atoms with E-state index in [0.29, 0.717) is 24.0 Å². The second kappa shape index (κ2) is 8.65. The number of likely N-dealkylation sites (tertiary alicyclic amines) is 1. The molecule has 0 aromatic heterocycles. The molecule has 0 bridgehead atoms. The van der Waals surface area contributed by atoms with Crippen LogP contribution in [0.15, 0.2) is 18.2 Å². The molecule has 1 N–H and O–H groups in total. The smallest absolute Gasteiger partial charge is 0.261 e. The maximum absolute atomic E-state index is 12.4. The third-order valence-electron chi connectivity index (χ3n) is 5.40. The zero-order valence-corrected chi connectivity index (χ0v) is 16.3. The molecule has 0 spiro atoms. The Morgan fingerprint density at radius 2 is 1.81 bits per heavy atom. The molecule has 1 saturated heterocycles. The van der Waals surface area contributed by atoms with Crippen LogP contribution >= 0.6 is 0 Å². The number of imide groups is 1. The van der Waals surface area contributed by atoms with Crippen molar-refractivity contribution < 1.29 is 14.4 Å². The lowest BCUT2D eigenvalue weighted by molar-refractivity contribution is -0.122. The molecule has 2 heterocycles. The summed E-state index contributed by atoms with van der Waals surface area (Å²) < 4.78 is 0. The van der Waals surface area contributed by atoms with Gasteiger partial charge >= 0.3 is 0 Å². The van der Waals surface area contributed by atoms with E-state index in [1.54, 1.807) is 12.1 Å². The van der Waals surface area contributed by atoms with Crippen LogP contribution in [0.1, 0.15) is 65.3 Å². The number of benzene rings is 1. The third-order valence-corrected chi connectivity index (χ3v) is 5.40. The lowest BCUT2D eigenvalue weighted by Gasteiger charge is -2.32. The van der Waals surface area contributed by atoms with Gasteiger partial charge in [0.05, 0.1) is 11.1 Å². The summed E-state index contributed by atoms with van der Waals surface area (Å²) in [6.07, 6.45) is 3.97. The minimum atomic E-state index is -0.251. The topological polar surface area (TPSA) is 69.7 Å². The number of rotatable bonds is 7. The Morgan fingerprint density at radius 1 is 1.11 bits per heavy atom. The first-order valence-electron chi connectivity index (χ1n) is 9.98. The molecule has 0 radical (unpaired) electrons. The molecule has 0 unspecified atom stereocenters. The van der Waals surface area contributed by atoms with Gasteiger partial charge in [-0.15, -0.1) is 0 Å². The van der Waals surface area contributed by atoms with Gasteiger partial charge in [-0.25, -0.2) is 0 Å². The molecule has 2 aliphatic heterocycles. The molecule has 3 amide bonds. The number of fused-ring (bicyclic) bond motifs is 1. The predicted octanol–water partition coefficient (Wildman–Crippen LogP) is 2.36. The van der Waals surface area contributed by atoms with E-state index in [4.69, 9.17) is 0 Å². The van der Waals surface area contributed by atoms with E-state index in [1.165, 1.54) is 4.90 Å². The maximum Gasteiger partial charge on any atom is 0.261 e. The zero-order valence-electron chi connectivity index (χ0n) is 16.3. The Morgan fingerprint density at radius 3 is 2.52 bits per heavy atom. The second-order valence-corrected chi connectivity index (χ2v) is 7.60. The van der Waals surface area contributed by atoms with Crippen molar-refractivity contribution in [2.75, 3.05) is 26.2 Å². The van der Waals surface area contributed by atoms with Crippen molar-refractivity contribution in [2.24, 2.45) is 0 Å². The molecular weight excluding hydrogens is 342 g/mol. The Labute approximate surface area is 160 Å². The monoisotopic (exact) mass is 371 g/mol. The van der Waals surface area contributed by atoms with Crippen molar-refractivity contribution >= 4 is 17.7 Å². The number of carbonyl (C=O) groups excluding carboxylic acids is 3. The highest BCUT2D eigenvalue weighted by molar-refractivity contribution is 6.21. The van der Waals surface area contributed by atoms with Crippen LogP contribution in [0.3, 0.4) is 0 Å². The van der Waals surface area contributed by atoms with E-state index >= 15 is 0 Å². The van der Waals surface area contributed by atoms with Crippen LogP contribution in [0.25, 0.3) is 0 Å². The molecular formula is C21H29N3O3. The van der Waals surface area contributed by atoms with Crippen molar-refractivity contribution in [3.8, 4) is 0 Å². The van der Waals surface area contributed by atoms with Crippen molar-refractivity contribution in [3.63, 3.8) is 0 Å². The first-order valence-corrected chi connectivity index (χ1v) is 9.98. The van der Waals surface area contributed by atoms with Gasteiger partial charge in [-0.3, -0.25) is 19.3 Å². The number of nitrogens with zero attached hydrogens (tertiary/aromatic N) is 2. The number of nitrogens with one attached hydrogen (secondary N) is 1. The summed E-state index contributed by atoms with van der Waals surface area (Å²) in [4.78, 5) is 40.7. The Kier molecular flexibility index (Phi) is 6.26. The van der Waals surface area contributed by atoms with Crippen LogP contribution in [-0.2, 0) is 4.79 Å². The first kappa shape index (κ1) is 19.5. The molecule has 1 aromatic carbocycles. The molecule has 0 saturated carbocycles. The maximum atomic E-state index is 12.4. The molecule has 146 valence electrons. The fourth-order valence-electron chi connectivity index (χ4n) is 3.92. The zero-order chi connectivity index (χ0) is 19.4. The summed E-state index contributed by atoms with van der Waals surface area (Å²) in [7, 11) is 0. The van der Waals surface area contributed by atoms with Crippen LogP contribution in [0, 0.1) is 6.92 Å². The summed E-state index contributed by atoms with van der Waals surface area (Å²) in [5.74, 6) is -0.488. The number of hydrogen-bond acceptors (Lipinski definition) is 4. The van der Waals surface area contributed by atoms with Gasteiger partial charge in [-0.2, -0.15) is 0 Å². The SMILES string of the molecule is CCCN1CCC(NC(=O)CCCN2C(=O)c3ccc(C)cc3C2=O)CC1. The van der Waals surface area contributed by atoms with Gasteiger partial charge in [0.1, 0.15) is 0 Å². The molecule has 6 nitrogen and oxygen atoms in total. The first-order chi connectivity index (χ1) is 13.0. The van der Waals surface area contributed by atoms with Crippen molar-refractivity contribution in [3.05, 3.63) is 34.9 Å². The van der Waals surface area contributed by atoms with E-state index in [9.17, 15) is 14.4 Å². The summed E-state index contributed by atoms with van der Waals surface area (Å²) in [5.41, 5.74) is 1.90. The third kappa shape index (κ3) is 4.56. The molecule has 3 rings (SSSR count). The minimum absolute atomic E-state index is 0.0106. The Bertz CT molecular complexity index is 723. The van der Waals surface area contributed by atoms with E-state index in [1.807, 2.05) is 13.0 Å². The number of amides is 3. The van der Waals surface area contributed by atoms with Gasteiger partial charge in [0, 0.05) is 32.1 Å². The van der Waals surface area contributed by atoms with E-state index in [0.717, 1.165) is 44.5 Å². The largest absolute Gasteiger partial charge is 0.353 e. The van der Waals surface area contributed by atoms with E-state index in [2.05, 4.69) is 17.1 Å².